The zero-order chi connectivity index (χ0) is 14.2. The number of H-pyrrole nitrogens is 2. The highest BCUT2D eigenvalue weighted by molar-refractivity contribution is 5.92. The average molecular weight is 285 g/mol. The Labute approximate surface area is 123 Å². The highest BCUT2D eigenvalue weighted by Gasteiger charge is 2.29. The molecule has 3 heterocycles. The molecule has 1 aliphatic carbocycles. The van der Waals surface area contributed by atoms with Crippen LogP contribution in [-0.2, 0) is 0 Å². The van der Waals surface area contributed by atoms with Crippen LogP contribution in [0.5, 0.6) is 0 Å². The summed E-state index contributed by atoms with van der Waals surface area (Å²) in [6, 6.07) is 0. The summed E-state index contributed by atoms with van der Waals surface area (Å²) in [5.41, 5.74) is 1.89. The Morgan fingerprint density at radius 3 is 2.62 bits per heavy atom. The molecule has 1 saturated carbocycles. The second-order valence-corrected chi connectivity index (χ2v) is 6.05. The molecular weight excluding hydrogens is 266 g/mol. The molecule has 2 aliphatic rings. The molecule has 2 N–H and O–H groups in total. The Bertz CT molecular complexity index is 620. The molecule has 2 aromatic heterocycles. The Morgan fingerprint density at radius 1 is 1.14 bits per heavy atom. The number of amides is 1. The lowest BCUT2D eigenvalue weighted by molar-refractivity contribution is 0.0707. The normalized spacial score (nSPS) is 19.9. The summed E-state index contributed by atoms with van der Waals surface area (Å²) in [5, 5.41) is 6.87. The van der Waals surface area contributed by atoms with Crippen molar-refractivity contribution in [3.63, 3.8) is 0 Å². The first-order valence-electron chi connectivity index (χ1n) is 7.64. The summed E-state index contributed by atoms with van der Waals surface area (Å²) in [6.45, 7) is 1.60. The second-order valence-electron chi connectivity index (χ2n) is 6.05. The van der Waals surface area contributed by atoms with Gasteiger partial charge in [-0.05, 0) is 37.2 Å². The molecule has 0 unspecified atom stereocenters. The summed E-state index contributed by atoms with van der Waals surface area (Å²) in [7, 11) is 0. The van der Waals surface area contributed by atoms with Crippen molar-refractivity contribution in [3.05, 3.63) is 35.7 Å². The topological polar surface area (TPSA) is 77.7 Å². The third kappa shape index (κ3) is 2.46. The van der Waals surface area contributed by atoms with E-state index < -0.39 is 0 Å². The number of nitrogens with one attached hydrogen (secondary N) is 2. The summed E-state index contributed by atoms with van der Waals surface area (Å²) in [6.07, 6.45) is 9.91. The number of imidazole rings is 1. The summed E-state index contributed by atoms with van der Waals surface area (Å²) >= 11 is 0. The number of likely N-dealkylation sites (tertiary alicyclic amines) is 1. The van der Waals surface area contributed by atoms with Gasteiger partial charge in [-0.2, -0.15) is 5.10 Å². The molecule has 21 heavy (non-hydrogen) atoms. The van der Waals surface area contributed by atoms with Crippen LogP contribution in [0.25, 0.3) is 0 Å². The number of piperidine rings is 1. The second kappa shape index (κ2) is 5.02. The Morgan fingerprint density at radius 2 is 1.95 bits per heavy atom. The predicted molar refractivity (Wildman–Crippen MR) is 77.0 cm³/mol. The van der Waals surface area contributed by atoms with Crippen molar-refractivity contribution >= 4 is 5.91 Å². The van der Waals surface area contributed by atoms with Crippen molar-refractivity contribution in [2.24, 2.45) is 0 Å². The molecule has 1 amide bonds. The van der Waals surface area contributed by atoms with Gasteiger partial charge in [-0.15, -0.1) is 0 Å². The van der Waals surface area contributed by atoms with Crippen molar-refractivity contribution in [2.45, 2.75) is 37.5 Å². The molecule has 6 heteroatoms. The van der Waals surface area contributed by atoms with Crippen LogP contribution in [0.4, 0.5) is 0 Å². The van der Waals surface area contributed by atoms with Crippen LogP contribution in [0.15, 0.2) is 18.6 Å². The van der Waals surface area contributed by atoms with E-state index in [4.69, 9.17) is 0 Å². The molecule has 2 fully saturated rings. The van der Waals surface area contributed by atoms with E-state index in [0.717, 1.165) is 31.8 Å². The van der Waals surface area contributed by atoms with Gasteiger partial charge in [-0.3, -0.25) is 9.89 Å². The van der Waals surface area contributed by atoms with E-state index in [1.165, 1.54) is 18.4 Å². The van der Waals surface area contributed by atoms with Crippen LogP contribution in [0.2, 0.25) is 0 Å². The van der Waals surface area contributed by atoms with E-state index in [1.54, 1.807) is 6.20 Å². The van der Waals surface area contributed by atoms with E-state index >= 15 is 0 Å². The summed E-state index contributed by atoms with van der Waals surface area (Å²) in [5.74, 6) is 2.13. The lowest BCUT2D eigenvalue weighted by atomic mass is 9.91. The number of carbonyl (C=O) groups excluding carboxylic acids is 1. The predicted octanol–water partition coefficient (Wildman–Crippen LogP) is 2.03. The molecular formula is C15H19N5O. The van der Waals surface area contributed by atoms with Crippen LogP contribution in [0.1, 0.15) is 59.4 Å². The Balaban J connectivity index is 1.39. The third-order valence-electron chi connectivity index (χ3n) is 4.56. The maximum absolute atomic E-state index is 12.5. The fourth-order valence-electron chi connectivity index (χ4n) is 3.08. The van der Waals surface area contributed by atoms with Crippen molar-refractivity contribution in [2.75, 3.05) is 13.1 Å². The van der Waals surface area contributed by atoms with Gasteiger partial charge in [0.05, 0.1) is 12.4 Å². The third-order valence-corrected chi connectivity index (χ3v) is 4.56. The van der Waals surface area contributed by atoms with Gasteiger partial charge in [0.25, 0.3) is 5.91 Å². The molecule has 1 aliphatic heterocycles. The number of nitrogens with zero attached hydrogens (tertiary/aromatic N) is 3. The van der Waals surface area contributed by atoms with E-state index in [-0.39, 0.29) is 5.91 Å². The summed E-state index contributed by atoms with van der Waals surface area (Å²) < 4.78 is 0. The number of hydrogen-bond acceptors (Lipinski definition) is 3. The first-order chi connectivity index (χ1) is 10.3. The van der Waals surface area contributed by atoms with Crippen molar-refractivity contribution in [1.82, 2.24) is 25.1 Å². The number of carbonyl (C=O) groups is 1. The Hall–Kier alpha value is -2.11. The van der Waals surface area contributed by atoms with Crippen molar-refractivity contribution in [3.8, 4) is 0 Å². The number of aromatic amines is 2. The van der Waals surface area contributed by atoms with Crippen LogP contribution < -0.4 is 0 Å². The van der Waals surface area contributed by atoms with Gasteiger partial charge in [-0.25, -0.2) is 4.98 Å². The molecule has 0 aromatic carbocycles. The SMILES string of the molecule is O=C(c1cnc(C2CC2)[nH]1)N1CCC(c2cn[nH]c2)CC1. The maximum Gasteiger partial charge on any atom is 0.271 e. The average Bonchev–Trinajstić information content (AvgIpc) is 3.05. The number of aromatic nitrogens is 4. The van der Waals surface area contributed by atoms with Gasteiger partial charge in [0, 0.05) is 25.2 Å². The molecule has 6 nitrogen and oxygen atoms in total. The minimum Gasteiger partial charge on any atom is -0.338 e. The molecule has 0 bridgehead atoms. The lowest BCUT2D eigenvalue weighted by Crippen LogP contribution is -2.38. The highest BCUT2D eigenvalue weighted by Crippen LogP contribution is 2.38. The fourth-order valence-corrected chi connectivity index (χ4v) is 3.08. The minimum atomic E-state index is 0.0834. The zero-order valence-electron chi connectivity index (χ0n) is 11.9. The van der Waals surface area contributed by atoms with Crippen molar-refractivity contribution in [1.29, 1.82) is 0 Å². The highest BCUT2D eigenvalue weighted by atomic mass is 16.2. The quantitative estimate of drug-likeness (QED) is 0.905. The number of hydrogen-bond donors (Lipinski definition) is 2. The fraction of sp³-hybridized carbons (Fsp3) is 0.533. The smallest absolute Gasteiger partial charge is 0.271 e. The zero-order valence-corrected chi connectivity index (χ0v) is 11.9. The van der Waals surface area contributed by atoms with E-state index in [0.29, 0.717) is 17.5 Å². The first-order valence-corrected chi connectivity index (χ1v) is 7.64. The molecule has 1 saturated heterocycles. The van der Waals surface area contributed by atoms with Gasteiger partial charge in [-0.1, -0.05) is 0 Å². The molecule has 0 radical (unpaired) electrons. The standard InChI is InChI=1S/C15H19N5O/c21-15(13-9-16-14(19-13)11-1-2-11)20-5-3-10(4-6-20)12-7-17-18-8-12/h7-11H,1-6H2,(H,16,19)(H,17,18). The van der Waals surface area contributed by atoms with Gasteiger partial charge in [0.2, 0.25) is 0 Å². The van der Waals surface area contributed by atoms with Crippen LogP contribution >= 0.6 is 0 Å². The van der Waals surface area contributed by atoms with E-state index in [1.807, 2.05) is 17.3 Å². The molecule has 0 spiro atoms. The largest absolute Gasteiger partial charge is 0.338 e. The Kier molecular flexibility index (Phi) is 3.02. The van der Waals surface area contributed by atoms with E-state index in [9.17, 15) is 4.79 Å². The minimum absolute atomic E-state index is 0.0834. The lowest BCUT2D eigenvalue weighted by Gasteiger charge is -2.31. The molecule has 0 atom stereocenters. The van der Waals surface area contributed by atoms with Crippen LogP contribution in [0, 0.1) is 0 Å². The number of rotatable bonds is 3. The molecule has 4 rings (SSSR count). The maximum atomic E-state index is 12.5. The molecule has 2 aromatic rings. The first kappa shape index (κ1) is 12.6. The van der Waals surface area contributed by atoms with E-state index in [2.05, 4.69) is 20.2 Å². The van der Waals surface area contributed by atoms with Gasteiger partial charge < -0.3 is 9.88 Å². The van der Waals surface area contributed by atoms with Gasteiger partial charge in [0.15, 0.2) is 0 Å². The van der Waals surface area contributed by atoms with Gasteiger partial charge in [0.1, 0.15) is 11.5 Å². The van der Waals surface area contributed by atoms with Crippen LogP contribution in [0.3, 0.4) is 0 Å². The van der Waals surface area contributed by atoms with Crippen LogP contribution in [-0.4, -0.2) is 44.1 Å². The van der Waals surface area contributed by atoms with Crippen molar-refractivity contribution < 1.29 is 4.79 Å². The summed E-state index contributed by atoms with van der Waals surface area (Å²) in [4.78, 5) is 21.9. The van der Waals surface area contributed by atoms with Gasteiger partial charge >= 0.3 is 0 Å². The monoisotopic (exact) mass is 285 g/mol. The molecule has 110 valence electrons.